The highest BCUT2D eigenvalue weighted by Crippen LogP contribution is 2.26. The van der Waals surface area contributed by atoms with Crippen LogP contribution in [0.25, 0.3) is 0 Å². The van der Waals surface area contributed by atoms with Gasteiger partial charge < -0.3 is 4.90 Å². The molecular formula is C28H27NO3S. The lowest BCUT2D eigenvalue weighted by Gasteiger charge is -2.21. The average molecular weight is 458 g/mol. The van der Waals surface area contributed by atoms with Gasteiger partial charge >= 0.3 is 0 Å². The summed E-state index contributed by atoms with van der Waals surface area (Å²) in [6, 6.07) is 36.7. The number of benzene rings is 4. The molecule has 0 radical (unpaired) electrons. The largest absolute Gasteiger partial charge is 0.348 e. The van der Waals surface area contributed by atoms with E-state index in [0.717, 1.165) is 11.1 Å². The molecule has 0 aliphatic carbocycles. The molecule has 0 bridgehead atoms. The fraction of sp³-hybridized carbons (Fsp3) is 0.107. The Bertz CT molecular complexity index is 1160. The summed E-state index contributed by atoms with van der Waals surface area (Å²) >= 11 is 0. The summed E-state index contributed by atoms with van der Waals surface area (Å²) in [5.74, 6) is -0.116. The summed E-state index contributed by atoms with van der Waals surface area (Å²) in [4.78, 5) is 14.7. The Hall–Kier alpha value is -3.70. The van der Waals surface area contributed by atoms with Crippen LogP contribution in [0.3, 0.4) is 0 Å². The third kappa shape index (κ3) is 6.18. The molecule has 0 aromatic heterocycles. The number of likely N-dealkylation sites (N-methyl/N-ethyl adjacent to an activating group) is 1. The van der Waals surface area contributed by atoms with Crippen LogP contribution >= 0.6 is 0 Å². The Balaban J connectivity index is 0.000000189. The van der Waals surface area contributed by atoms with Gasteiger partial charge in [-0.1, -0.05) is 97.1 Å². The van der Waals surface area contributed by atoms with E-state index in [9.17, 15) is 13.2 Å². The number of hydrogen-bond donors (Lipinski definition) is 0. The smallest absolute Gasteiger partial charge is 0.234 e. The Morgan fingerprint density at radius 2 is 0.879 bits per heavy atom. The molecule has 0 aliphatic heterocycles. The van der Waals surface area contributed by atoms with E-state index >= 15 is 0 Å². The van der Waals surface area contributed by atoms with E-state index in [1.54, 1.807) is 79.7 Å². The zero-order valence-corrected chi connectivity index (χ0v) is 19.5. The first-order valence-corrected chi connectivity index (χ1v) is 12.1. The van der Waals surface area contributed by atoms with Crippen molar-refractivity contribution < 1.29 is 13.2 Å². The molecule has 33 heavy (non-hydrogen) atoms. The molecule has 5 heteroatoms. The van der Waals surface area contributed by atoms with Crippen molar-refractivity contribution in [3.63, 3.8) is 0 Å². The molecule has 0 atom stereocenters. The van der Waals surface area contributed by atoms with Crippen LogP contribution in [-0.4, -0.2) is 33.3 Å². The van der Waals surface area contributed by atoms with Crippen LogP contribution in [0.1, 0.15) is 17.0 Å². The number of carbonyl (C=O) groups excluding carboxylic acids is 1. The predicted octanol–water partition coefficient (Wildman–Crippen LogP) is 5.43. The van der Waals surface area contributed by atoms with Gasteiger partial charge in [-0.3, -0.25) is 4.79 Å². The summed E-state index contributed by atoms with van der Waals surface area (Å²) in [7, 11) is 0.247. The number of rotatable bonds is 5. The highest BCUT2D eigenvalue weighted by atomic mass is 32.2. The Labute approximate surface area is 196 Å². The van der Waals surface area contributed by atoms with Crippen molar-refractivity contribution in [2.75, 3.05) is 14.1 Å². The summed E-state index contributed by atoms with van der Waals surface area (Å²) in [5, 5.41) is 0. The van der Waals surface area contributed by atoms with Crippen LogP contribution in [-0.2, 0) is 14.6 Å². The van der Waals surface area contributed by atoms with E-state index in [0.29, 0.717) is 9.79 Å². The van der Waals surface area contributed by atoms with E-state index < -0.39 is 9.84 Å². The lowest BCUT2D eigenvalue weighted by Crippen LogP contribution is -2.28. The number of carbonyl (C=O) groups is 1. The van der Waals surface area contributed by atoms with Crippen molar-refractivity contribution in [1.82, 2.24) is 4.90 Å². The topological polar surface area (TPSA) is 54.5 Å². The fourth-order valence-electron chi connectivity index (χ4n) is 3.36. The molecule has 0 saturated carbocycles. The quantitative estimate of drug-likeness (QED) is 0.402. The SMILES string of the molecule is CN(C)C(=O)C(c1ccccc1)c1ccccc1.O=S(=O)(c1ccccc1)c1ccccc1. The van der Waals surface area contributed by atoms with Gasteiger partial charge in [0.05, 0.1) is 15.7 Å². The van der Waals surface area contributed by atoms with Gasteiger partial charge in [-0.2, -0.15) is 0 Å². The Kier molecular flexibility index (Phi) is 8.17. The van der Waals surface area contributed by atoms with Gasteiger partial charge in [-0.05, 0) is 35.4 Å². The molecule has 0 saturated heterocycles. The molecule has 4 aromatic carbocycles. The van der Waals surface area contributed by atoms with Crippen molar-refractivity contribution in [2.24, 2.45) is 0 Å². The van der Waals surface area contributed by atoms with E-state index in [1.807, 2.05) is 60.7 Å². The van der Waals surface area contributed by atoms with Crippen molar-refractivity contribution >= 4 is 15.7 Å². The molecule has 0 heterocycles. The lowest BCUT2D eigenvalue weighted by atomic mass is 9.90. The lowest BCUT2D eigenvalue weighted by molar-refractivity contribution is -0.129. The molecule has 4 rings (SSSR count). The minimum atomic E-state index is -3.34. The molecule has 0 spiro atoms. The van der Waals surface area contributed by atoms with Crippen molar-refractivity contribution in [3.8, 4) is 0 Å². The standard InChI is InChI=1S/C16H17NO.C12H10O2S/c1-17(2)16(18)15(13-9-5-3-6-10-13)14-11-7-4-8-12-14;13-15(14,11-7-3-1-4-8-11)12-9-5-2-6-10-12/h3-12,15H,1-2H3;1-10H. The molecule has 0 unspecified atom stereocenters. The molecule has 0 fully saturated rings. The van der Waals surface area contributed by atoms with E-state index in [4.69, 9.17) is 0 Å². The minimum Gasteiger partial charge on any atom is -0.348 e. The van der Waals surface area contributed by atoms with Crippen molar-refractivity contribution in [2.45, 2.75) is 15.7 Å². The maximum atomic E-state index is 12.4. The van der Waals surface area contributed by atoms with Gasteiger partial charge in [-0.15, -0.1) is 0 Å². The monoisotopic (exact) mass is 457 g/mol. The van der Waals surface area contributed by atoms with Crippen LogP contribution in [0, 0.1) is 0 Å². The first-order chi connectivity index (χ1) is 15.9. The number of nitrogens with zero attached hydrogens (tertiary/aromatic N) is 1. The second-order valence-corrected chi connectivity index (χ2v) is 9.57. The molecule has 4 nitrogen and oxygen atoms in total. The summed E-state index contributed by atoms with van der Waals surface area (Å²) in [5.41, 5.74) is 2.06. The maximum Gasteiger partial charge on any atom is 0.234 e. The van der Waals surface area contributed by atoms with Gasteiger partial charge in [0.15, 0.2) is 0 Å². The maximum absolute atomic E-state index is 12.4. The third-order valence-corrected chi connectivity index (χ3v) is 6.85. The first-order valence-electron chi connectivity index (χ1n) is 10.6. The number of amides is 1. The minimum absolute atomic E-state index is 0.104. The van der Waals surface area contributed by atoms with Gasteiger partial charge in [0.25, 0.3) is 0 Å². The van der Waals surface area contributed by atoms with Crippen molar-refractivity contribution in [1.29, 1.82) is 0 Å². The Morgan fingerprint density at radius 3 is 1.18 bits per heavy atom. The molecule has 4 aromatic rings. The summed E-state index contributed by atoms with van der Waals surface area (Å²) < 4.78 is 24.1. The van der Waals surface area contributed by atoms with Crippen LogP contribution < -0.4 is 0 Å². The van der Waals surface area contributed by atoms with Crippen LogP contribution in [0.5, 0.6) is 0 Å². The Morgan fingerprint density at radius 1 is 0.576 bits per heavy atom. The van der Waals surface area contributed by atoms with Gasteiger partial charge in [-0.25, -0.2) is 8.42 Å². The van der Waals surface area contributed by atoms with E-state index in [2.05, 4.69) is 0 Å². The molecule has 1 amide bonds. The number of sulfone groups is 1. The second-order valence-electron chi connectivity index (χ2n) is 7.62. The third-order valence-electron chi connectivity index (χ3n) is 5.06. The van der Waals surface area contributed by atoms with Gasteiger partial charge in [0.2, 0.25) is 15.7 Å². The van der Waals surface area contributed by atoms with E-state index in [-0.39, 0.29) is 11.8 Å². The summed E-state index contributed by atoms with van der Waals surface area (Å²) in [6.07, 6.45) is 0. The van der Waals surface area contributed by atoms with Crippen LogP contribution in [0.2, 0.25) is 0 Å². The average Bonchev–Trinajstić information content (AvgIpc) is 2.87. The predicted molar refractivity (Wildman–Crippen MR) is 132 cm³/mol. The second kappa shape index (κ2) is 11.2. The van der Waals surface area contributed by atoms with Gasteiger partial charge in [0.1, 0.15) is 0 Å². The van der Waals surface area contributed by atoms with Crippen molar-refractivity contribution in [3.05, 3.63) is 132 Å². The molecule has 0 aliphatic rings. The zero-order chi connectivity index (χ0) is 23.7. The molecular weight excluding hydrogens is 430 g/mol. The van der Waals surface area contributed by atoms with Gasteiger partial charge in [0, 0.05) is 14.1 Å². The zero-order valence-electron chi connectivity index (χ0n) is 18.7. The molecule has 168 valence electrons. The first kappa shape index (κ1) is 24.0. The van der Waals surface area contributed by atoms with Crippen LogP contribution in [0.4, 0.5) is 0 Å². The highest BCUT2D eigenvalue weighted by molar-refractivity contribution is 7.91. The summed E-state index contributed by atoms with van der Waals surface area (Å²) in [6.45, 7) is 0. The van der Waals surface area contributed by atoms with Crippen LogP contribution in [0.15, 0.2) is 131 Å². The highest BCUT2D eigenvalue weighted by Gasteiger charge is 2.23. The fourth-order valence-corrected chi connectivity index (χ4v) is 4.67. The normalized spacial score (nSPS) is 10.8. The number of hydrogen-bond acceptors (Lipinski definition) is 3. The van der Waals surface area contributed by atoms with E-state index in [1.165, 1.54) is 0 Å². The molecule has 0 N–H and O–H groups in total.